The number of aliphatic imine (C=N–C) groups is 1. The van der Waals surface area contributed by atoms with E-state index in [1.807, 2.05) is 34.5 Å². The number of hydrogen-bond donors (Lipinski definition) is 2. The quantitative estimate of drug-likeness (QED) is 0.152. The molecule has 14 heteroatoms. The Kier molecular flexibility index (Phi) is 12.0. The Balaban J connectivity index is 1.57. The molecule has 1 fully saturated rings. The lowest BCUT2D eigenvalue weighted by atomic mass is 10.1. The predicted octanol–water partition coefficient (Wildman–Crippen LogP) is 6.31. The molecule has 2 N–H and O–H groups in total. The number of carbonyl (C=O) groups excluding carboxylic acids is 3. The van der Waals surface area contributed by atoms with Gasteiger partial charge < -0.3 is 29.3 Å². The number of piperazine rings is 1. The highest BCUT2D eigenvalue weighted by atomic mass is 32.1. The van der Waals surface area contributed by atoms with Gasteiger partial charge in [-0.3, -0.25) is 5.32 Å². The van der Waals surface area contributed by atoms with Gasteiger partial charge in [-0.05, 0) is 59.7 Å². The molecule has 0 unspecified atom stereocenters. The molecule has 0 spiro atoms. The minimum atomic E-state index is -1.25. The minimum Gasteiger partial charge on any atom is -0.450 e. The van der Waals surface area contributed by atoms with Crippen LogP contribution < -0.4 is 15.5 Å². The molecule has 2 aromatic rings. The molecule has 0 aliphatic carbocycles. The van der Waals surface area contributed by atoms with Crippen molar-refractivity contribution in [3.05, 3.63) is 34.7 Å². The molecule has 3 amide bonds. The van der Waals surface area contributed by atoms with Crippen molar-refractivity contribution in [3.8, 4) is 11.3 Å². The lowest BCUT2D eigenvalue weighted by Gasteiger charge is -2.37. The summed E-state index contributed by atoms with van der Waals surface area (Å²) < 4.78 is 16.0. The van der Waals surface area contributed by atoms with Crippen molar-refractivity contribution in [1.29, 1.82) is 0 Å². The zero-order chi connectivity index (χ0) is 33.4. The molecule has 0 atom stereocenters. The molecule has 0 radical (unpaired) electrons. The molecule has 0 saturated carbocycles. The summed E-state index contributed by atoms with van der Waals surface area (Å²) in [6.45, 7) is 20.4. The van der Waals surface area contributed by atoms with E-state index in [0.717, 1.165) is 28.0 Å². The van der Waals surface area contributed by atoms with Crippen molar-refractivity contribution in [2.24, 2.45) is 4.99 Å². The van der Waals surface area contributed by atoms with Crippen molar-refractivity contribution in [3.63, 3.8) is 0 Å². The van der Waals surface area contributed by atoms with Crippen LogP contribution in [-0.4, -0.2) is 86.2 Å². The number of anilines is 1. The number of ether oxygens (including phenoxy) is 3. The van der Waals surface area contributed by atoms with Crippen LogP contribution in [0, 0.1) is 0 Å². The summed E-state index contributed by atoms with van der Waals surface area (Å²) in [6.07, 6.45) is -1.90. The Morgan fingerprint density at radius 1 is 0.933 bits per heavy atom. The molecule has 12 nitrogen and oxygen atoms in total. The van der Waals surface area contributed by atoms with Gasteiger partial charge in [-0.15, -0.1) is 16.3 Å². The van der Waals surface area contributed by atoms with Gasteiger partial charge >= 0.3 is 18.3 Å². The largest absolute Gasteiger partial charge is 0.450 e. The standard InChI is InChI=1S/C31H48N6O6SSi/c1-30(2,3)42-28(39)34-26(35-29(40)43-31(4,5)6)37-16-14-36(15-17-37)23-12-10-22(11-13-23)24-21-44-25(33-24)20-32-27(38)41-18-19-45(7,8)9/h10-13,21H,14-20H2,1-9H3,(H,32,38)(H,34,35,39,40). The van der Waals surface area contributed by atoms with E-state index in [2.05, 4.69) is 45.2 Å². The number of nitrogens with zero attached hydrogens (tertiary/aromatic N) is 4. The number of nitrogens with one attached hydrogen (secondary N) is 2. The average molecular weight is 661 g/mol. The first-order chi connectivity index (χ1) is 20.9. The van der Waals surface area contributed by atoms with Crippen LogP contribution in [0.1, 0.15) is 46.6 Å². The van der Waals surface area contributed by atoms with Gasteiger partial charge in [-0.25, -0.2) is 19.4 Å². The van der Waals surface area contributed by atoms with Crippen LogP contribution in [0.3, 0.4) is 0 Å². The van der Waals surface area contributed by atoms with E-state index in [9.17, 15) is 14.4 Å². The summed E-state index contributed by atoms with van der Waals surface area (Å²) in [5, 5.41) is 8.19. The first kappa shape index (κ1) is 35.8. The normalized spacial score (nSPS) is 14.6. The predicted molar refractivity (Wildman–Crippen MR) is 181 cm³/mol. The van der Waals surface area contributed by atoms with Gasteiger partial charge in [0.2, 0.25) is 5.96 Å². The lowest BCUT2D eigenvalue weighted by molar-refractivity contribution is 0.0554. The fraction of sp³-hybridized carbons (Fsp3) is 0.581. The van der Waals surface area contributed by atoms with Gasteiger partial charge in [0.1, 0.15) is 16.2 Å². The van der Waals surface area contributed by atoms with Gasteiger partial charge in [0.25, 0.3) is 0 Å². The second kappa shape index (κ2) is 15.1. The first-order valence-corrected chi connectivity index (χ1v) is 19.7. The zero-order valence-corrected chi connectivity index (χ0v) is 29.8. The molecule has 1 aromatic heterocycles. The number of hydrogen-bond acceptors (Lipinski definition) is 9. The number of thiazole rings is 1. The first-order valence-electron chi connectivity index (χ1n) is 15.1. The molecule has 2 heterocycles. The number of benzene rings is 1. The van der Waals surface area contributed by atoms with Gasteiger partial charge in [0.15, 0.2) is 0 Å². The van der Waals surface area contributed by atoms with E-state index in [-0.39, 0.29) is 5.96 Å². The Labute approximate surface area is 271 Å². The Morgan fingerprint density at radius 2 is 1.56 bits per heavy atom. The van der Waals surface area contributed by atoms with Crippen molar-refractivity contribution in [2.75, 3.05) is 37.7 Å². The molecule has 0 bridgehead atoms. The van der Waals surface area contributed by atoms with Crippen LogP contribution in [0.25, 0.3) is 11.3 Å². The van der Waals surface area contributed by atoms with Crippen LogP contribution in [0.5, 0.6) is 0 Å². The van der Waals surface area contributed by atoms with Crippen LogP contribution in [0.2, 0.25) is 25.7 Å². The summed E-state index contributed by atoms with van der Waals surface area (Å²) in [4.78, 5) is 49.8. The molecule has 3 rings (SSSR count). The summed E-state index contributed by atoms with van der Waals surface area (Å²) in [5.74, 6) is 0.0992. The maximum atomic E-state index is 12.5. The van der Waals surface area contributed by atoms with Crippen LogP contribution in [0.15, 0.2) is 34.6 Å². The summed E-state index contributed by atoms with van der Waals surface area (Å²) >= 11 is 1.49. The van der Waals surface area contributed by atoms with E-state index in [1.165, 1.54) is 11.3 Å². The van der Waals surface area contributed by atoms with Crippen LogP contribution >= 0.6 is 11.3 Å². The van der Waals surface area contributed by atoms with Crippen molar-refractivity contribution in [2.45, 2.75) is 85.0 Å². The van der Waals surface area contributed by atoms with E-state index in [4.69, 9.17) is 14.2 Å². The SMILES string of the molecule is CC(C)(C)OC(=O)N=C(NC(=O)OC(C)(C)C)N1CCN(c2ccc(-c3csc(CNC(=O)OCC[Si](C)(C)C)n3)cc2)CC1. The highest BCUT2D eigenvalue weighted by Crippen LogP contribution is 2.26. The van der Waals surface area contributed by atoms with Crippen LogP contribution in [-0.2, 0) is 20.8 Å². The molecule has 45 heavy (non-hydrogen) atoms. The molecular weight excluding hydrogens is 613 g/mol. The minimum absolute atomic E-state index is 0.0992. The van der Waals surface area contributed by atoms with E-state index < -0.39 is 37.6 Å². The third-order valence-corrected chi connectivity index (χ3v) is 8.88. The molecular formula is C31H48N6O6SSi. The average Bonchev–Trinajstić information content (AvgIpc) is 3.38. The number of rotatable bonds is 7. The Bertz CT molecular complexity index is 1340. The maximum absolute atomic E-state index is 12.5. The number of amides is 3. The van der Waals surface area contributed by atoms with Crippen molar-refractivity contribution >= 4 is 49.3 Å². The molecule has 1 saturated heterocycles. The third-order valence-electron chi connectivity index (χ3n) is 6.33. The van der Waals surface area contributed by atoms with Gasteiger partial charge in [-0.2, -0.15) is 0 Å². The number of guanidine groups is 1. The summed E-state index contributed by atoms with van der Waals surface area (Å²) in [7, 11) is -1.25. The molecule has 248 valence electrons. The van der Waals surface area contributed by atoms with E-state index in [1.54, 1.807) is 41.5 Å². The van der Waals surface area contributed by atoms with Gasteiger partial charge in [-0.1, -0.05) is 31.8 Å². The highest BCUT2D eigenvalue weighted by molar-refractivity contribution is 7.09. The van der Waals surface area contributed by atoms with Gasteiger partial charge in [0.05, 0.1) is 18.8 Å². The second-order valence-electron chi connectivity index (χ2n) is 14.0. The number of alkyl carbamates (subject to hydrolysis) is 2. The van der Waals surface area contributed by atoms with E-state index in [0.29, 0.717) is 39.3 Å². The molecule has 1 aliphatic heterocycles. The Morgan fingerprint density at radius 3 is 2.13 bits per heavy atom. The summed E-state index contributed by atoms with van der Waals surface area (Å²) in [6, 6.07) is 9.08. The van der Waals surface area contributed by atoms with Crippen molar-refractivity contribution in [1.82, 2.24) is 20.5 Å². The van der Waals surface area contributed by atoms with Crippen molar-refractivity contribution < 1.29 is 28.6 Å². The monoisotopic (exact) mass is 660 g/mol. The Hall–Kier alpha value is -3.65. The van der Waals surface area contributed by atoms with Crippen LogP contribution in [0.4, 0.5) is 20.1 Å². The zero-order valence-electron chi connectivity index (χ0n) is 28.0. The smallest absolute Gasteiger partial charge is 0.437 e. The highest BCUT2D eigenvalue weighted by Gasteiger charge is 2.26. The van der Waals surface area contributed by atoms with Gasteiger partial charge in [0, 0.05) is 50.9 Å². The lowest BCUT2D eigenvalue weighted by Crippen LogP contribution is -2.54. The molecule has 1 aliphatic rings. The maximum Gasteiger partial charge on any atom is 0.437 e. The number of aromatic nitrogens is 1. The number of carbonyl (C=O) groups is 3. The van der Waals surface area contributed by atoms with E-state index >= 15 is 0 Å². The fourth-order valence-electron chi connectivity index (χ4n) is 4.14. The molecule has 1 aromatic carbocycles. The topological polar surface area (TPSA) is 135 Å². The fourth-order valence-corrected chi connectivity index (χ4v) is 5.59. The third kappa shape index (κ3) is 13.1. The second-order valence-corrected chi connectivity index (χ2v) is 20.6. The summed E-state index contributed by atoms with van der Waals surface area (Å²) in [5.41, 5.74) is 1.44.